The average molecular weight is 552 g/mol. The van der Waals surface area contributed by atoms with E-state index in [1.165, 1.54) is 4.90 Å². The SMILES string of the molecule is CC1CC(=O)[C@H](COC2CCC(c3ccccc3OCC(=O)OC(C)(C)C)CC2)N1C(=O)OC(C)(C)C.S. The van der Waals surface area contributed by atoms with Crippen molar-refractivity contribution in [3.8, 4) is 5.75 Å². The topological polar surface area (TPSA) is 91.4 Å². The number of hydrogen-bond acceptors (Lipinski definition) is 7. The van der Waals surface area contributed by atoms with Gasteiger partial charge in [-0.1, -0.05) is 18.2 Å². The van der Waals surface area contributed by atoms with Crippen LogP contribution in [0.1, 0.15) is 92.1 Å². The van der Waals surface area contributed by atoms with E-state index >= 15 is 0 Å². The first-order valence-corrected chi connectivity index (χ1v) is 13.3. The zero-order chi connectivity index (χ0) is 27.4. The summed E-state index contributed by atoms with van der Waals surface area (Å²) in [7, 11) is 0. The normalized spacial score (nSPS) is 24.0. The zero-order valence-corrected chi connectivity index (χ0v) is 24.9. The molecule has 2 aliphatic rings. The van der Waals surface area contributed by atoms with Gasteiger partial charge in [-0.2, -0.15) is 13.5 Å². The summed E-state index contributed by atoms with van der Waals surface area (Å²) in [6.07, 6.45) is 3.37. The molecule has 2 fully saturated rings. The first-order chi connectivity index (χ1) is 17.2. The van der Waals surface area contributed by atoms with Gasteiger partial charge in [0.1, 0.15) is 23.0 Å². The number of benzene rings is 1. The fraction of sp³-hybridized carbons (Fsp3) is 0.690. The second-order valence-electron chi connectivity index (χ2n) is 12.1. The third kappa shape index (κ3) is 9.19. The van der Waals surface area contributed by atoms with Crippen LogP contribution in [0.5, 0.6) is 5.75 Å². The number of ketones is 1. The summed E-state index contributed by atoms with van der Waals surface area (Å²) < 4.78 is 22.9. The van der Waals surface area contributed by atoms with E-state index in [1.54, 1.807) is 0 Å². The number of amides is 1. The van der Waals surface area contributed by atoms with Gasteiger partial charge < -0.3 is 18.9 Å². The van der Waals surface area contributed by atoms with Gasteiger partial charge in [-0.25, -0.2) is 9.59 Å². The van der Waals surface area contributed by atoms with Crippen LogP contribution < -0.4 is 4.74 Å². The van der Waals surface area contributed by atoms with Crippen LogP contribution >= 0.6 is 13.5 Å². The first kappa shape index (κ1) is 32.0. The maximum atomic E-state index is 12.7. The van der Waals surface area contributed by atoms with E-state index in [4.69, 9.17) is 18.9 Å². The standard InChI is InChI=1S/C29H43NO7.H2S/c1-19-16-24(31)23(30(19)27(33)37-29(5,6)7)17-34-21-14-12-20(13-15-21)22-10-8-9-11-25(22)35-18-26(32)36-28(2,3)4;/h8-11,19-21,23H,12-18H2,1-7H3;1H2/t19?,20?,21?,23-;/m0./s1. The van der Waals surface area contributed by atoms with Crippen LogP contribution in [0.2, 0.25) is 0 Å². The van der Waals surface area contributed by atoms with Crippen LogP contribution in [0, 0.1) is 0 Å². The summed E-state index contributed by atoms with van der Waals surface area (Å²) in [5, 5.41) is 0. The fourth-order valence-electron chi connectivity index (χ4n) is 5.01. The Labute approximate surface area is 234 Å². The zero-order valence-electron chi connectivity index (χ0n) is 23.9. The highest BCUT2D eigenvalue weighted by atomic mass is 32.1. The molecule has 0 bridgehead atoms. The molecule has 8 nitrogen and oxygen atoms in total. The van der Waals surface area contributed by atoms with Crippen molar-refractivity contribution in [2.24, 2.45) is 0 Å². The highest BCUT2D eigenvalue weighted by molar-refractivity contribution is 7.59. The van der Waals surface area contributed by atoms with Gasteiger partial charge in [0.2, 0.25) is 0 Å². The van der Waals surface area contributed by atoms with E-state index in [-0.39, 0.29) is 44.6 Å². The molecule has 1 saturated carbocycles. The van der Waals surface area contributed by atoms with Crippen LogP contribution in [-0.4, -0.2) is 65.3 Å². The lowest BCUT2D eigenvalue weighted by Crippen LogP contribution is -2.47. The van der Waals surface area contributed by atoms with Crippen molar-refractivity contribution in [2.45, 2.75) is 116 Å². The van der Waals surface area contributed by atoms with Gasteiger partial charge in [0.25, 0.3) is 0 Å². The maximum Gasteiger partial charge on any atom is 0.411 e. The second kappa shape index (κ2) is 13.2. The molecular weight excluding hydrogens is 506 g/mol. The number of esters is 1. The Balaban J connectivity index is 0.00000507. The molecule has 3 rings (SSSR count). The summed E-state index contributed by atoms with van der Waals surface area (Å²) >= 11 is 0. The lowest BCUT2D eigenvalue weighted by molar-refractivity contribution is -0.157. The number of ether oxygens (including phenoxy) is 4. The van der Waals surface area contributed by atoms with Crippen molar-refractivity contribution in [2.75, 3.05) is 13.2 Å². The Hall–Kier alpha value is -2.26. The van der Waals surface area contributed by atoms with E-state index in [2.05, 4.69) is 0 Å². The number of carbonyl (C=O) groups excluding carboxylic acids is 3. The molecule has 2 atom stereocenters. The average Bonchev–Trinajstić information content (AvgIpc) is 3.07. The molecule has 214 valence electrons. The van der Waals surface area contributed by atoms with Crippen molar-refractivity contribution in [3.05, 3.63) is 29.8 Å². The molecule has 1 unspecified atom stereocenters. The van der Waals surface area contributed by atoms with Crippen molar-refractivity contribution in [3.63, 3.8) is 0 Å². The third-order valence-electron chi connectivity index (χ3n) is 6.57. The molecule has 38 heavy (non-hydrogen) atoms. The number of nitrogens with zero attached hydrogens (tertiary/aromatic N) is 1. The van der Waals surface area contributed by atoms with Crippen LogP contribution in [0.25, 0.3) is 0 Å². The van der Waals surface area contributed by atoms with E-state index in [9.17, 15) is 14.4 Å². The monoisotopic (exact) mass is 551 g/mol. The van der Waals surface area contributed by atoms with E-state index in [1.807, 2.05) is 72.7 Å². The number of rotatable bonds is 7. The highest BCUT2D eigenvalue weighted by Gasteiger charge is 2.43. The van der Waals surface area contributed by atoms with Crippen LogP contribution in [0.15, 0.2) is 24.3 Å². The number of para-hydroxylation sites is 1. The largest absolute Gasteiger partial charge is 0.482 e. The van der Waals surface area contributed by atoms with Crippen LogP contribution in [-0.2, 0) is 23.8 Å². The van der Waals surface area contributed by atoms with Crippen molar-refractivity contribution in [1.82, 2.24) is 4.90 Å². The van der Waals surface area contributed by atoms with Gasteiger partial charge in [-0.3, -0.25) is 9.69 Å². The minimum Gasteiger partial charge on any atom is -0.482 e. The van der Waals surface area contributed by atoms with Gasteiger partial charge >= 0.3 is 12.1 Å². The van der Waals surface area contributed by atoms with E-state index in [0.717, 1.165) is 31.2 Å². The predicted octanol–water partition coefficient (Wildman–Crippen LogP) is 5.53. The summed E-state index contributed by atoms with van der Waals surface area (Å²) in [6, 6.07) is 7.01. The Morgan fingerprint density at radius 1 is 0.947 bits per heavy atom. The number of carbonyl (C=O) groups is 3. The molecule has 1 amide bonds. The van der Waals surface area contributed by atoms with Gasteiger partial charge in [0.05, 0.1) is 12.7 Å². The van der Waals surface area contributed by atoms with Crippen LogP contribution in [0.3, 0.4) is 0 Å². The second-order valence-corrected chi connectivity index (χ2v) is 12.1. The molecule has 0 spiro atoms. The minimum atomic E-state index is -0.626. The Bertz CT molecular complexity index is 960. The van der Waals surface area contributed by atoms with Gasteiger partial charge in [-0.15, -0.1) is 0 Å². The lowest BCUT2D eigenvalue weighted by atomic mass is 9.82. The fourth-order valence-corrected chi connectivity index (χ4v) is 5.01. The van der Waals surface area contributed by atoms with Crippen LogP contribution in [0.4, 0.5) is 4.79 Å². The molecular formula is C29H45NO7S. The van der Waals surface area contributed by atoms with Gasteiger partial charge in [0, 0.05) is 12.5 Å². The number of likely N-dealkylation sites (tertiary alicyclic amines) is 1. The molecule has 1 aliphatic heterocycles. The highest BCUT2D eigenvalue weighted by Crippen LogP contribution is 2.38. The van der Waals surface area contributed by atoms with Crippen molar-refractivity contribution in [1.29, 1.82) is 0 Å². The molecule has 1 aromatic carbocycles. The summed E-state index contributed by atoms with van der Waals surface area (Å²) in [5.41, 5.74) is -0.0943. The molecule has 1 saturated heterocycles. The molecule has 1 heterocycles. The summed E-state index contributed by atoms with van der Waals surface area (Å²) in [5.74, 6) is 0.621. The summed E-state index contributed by atoms with van der Waals surface area (Å²) in [6.45, 7) is 12.9. The molecule has 0 radical (unpaired) electrons. The smallest absolute Gasteiger partial charge is 0.411 e. The first-order valence-electron chi connectivity index (χ1n) is 13.3. The Morgan fingerprint density at radius 2 is 1.55 bits per heavy atom. The molecule has 0 aromatic heterocycles. The Morgan fingerprint density at radius 3 is 2.16 bits per heavy atom. The molecule has 9 heteroatoms. The molecule has 1 aliphatic carbocycles. The van der Waals surface area contributed by atoms with E-state index in [0.29, 0.717) is 18.1 Å². The number of hydrogen-bond donors (Lipinski definition) is 0. The quantitative estimate of drug-likeness (QED) is 0.412. The van der Waals surface area contributed by atoms with Crippen molar-refractivity contribution >= 4 is 31.3 Å². The predicted molar refractivity (Wildman–Crippen MR) is 150 cm³/mol. The lowest BCUT2D eigenvalue weighted by Gasteiger charge is -2.33. The molecule has 1 aromatic rings. The Kier molecular flexibility index (Phi) is 11.1. The molecule has 0 N–H and O–H groups in total. The minimum absolute atomic E-state index is 0. The number of Topliss-reactive ketones (excluding diaryl/α,β-unsaturated/α-hetero) is 1. The van der Waals surface area contributed by atoms with Gasteiger partial charge in [0.15, 0.2) is 12.4 Å². The van der Waals surface area contributed by atoms with E-state index < -0.39 is 29.3 Å². The maximum absolute atomic E-state index is 12.7. The van der Waals surface area contributed by atoms with Gasteiger partial charge in [-0.05, 0) is 91.7 Å². The van der Waals surface area contributed by atoms with Crippen molar-refractivity contribution < 1.29 is 33.3 Å². The third-order valence-corrected chi connectivity index (χ3v) is 6.57. The summed E-state index contributed by atoms with van der Waals surface area (Å²) in [4.78, 5) is 39.0.